The zero-order valence-electron chi connectivity index (χ0n) is 14.2. The minimum Gasteiger partial charge on any atom is -0.464 e. The molecule has 1 N–H and O–H groups in total. The molecule has 0 aliphatic heterocycles. The Hall–Kier alpha value is -2.80. The third-order valence-corrected chi connectivity index (χ3v) is 3.51. The van der Waals surface area contributed by atoms with Gasteiger partial charge >= 0.3 is 6.03 Å². The van der Waals surface area contributed by atoms with Gasteiger partial charge in [0.1, 0.15) is 17.2 Å². The number of urea groups is 1. The minimum absolute atomic E-state index is 0.186. The monoisotopic (exact) mass is 362 g/mol. The molecule has 2 rings (SSSR count). The molecule has 0 saturated carbocycles. The molecule has 0 unspecified atom stereocenters. The van der Waals surface area contributed by atoms with Crippen molar-refractivity contribution < 1.29 is 13.8 Å². The van der Waals surface area contributed by atoms with Gasteiger partial charge in [0.05, 0.1) is 6.54 Å². The SMILES string of the molecule is C=C/C(Cl)=C\C=C(/C)NC(=O)N(Cc1ccc(C)o1)c1nonc1C. The normalized spacial score (nSPS) is 12.2. The van der Waals surface area contributed by atoms with E-state index in [0.29, 0.717) is 28.0 Å². The summed E-state index contributed by atoms with van der Waals surface area (Å²) in [5, 5.41) is 10.8. The molecule has 132 valence electrons. The second-order valence-electron chi connectivity index (χ2n) is 5.31. The first-order valence-corrected chi connectivity index (χ1v) is 7.88. The van der Waals surface area contributed by atoms with Crippen molar-refractivity contribution in [1.82, 2.24) is 15.6 Å². The maximum absolute atomic E-state index is 12.7. The van der Waals surface area contributed by atoms with E-state index in [2.05, 4.69) is 22.2 Å². The van der Waals surface area contributed by atoms with Crippen molar-refractivity contribution in [3.63, 3.8) is 0 Å². The van der Waals surface area contributed by atoms with Crippen LogP contribution in [0.5, 0.6) is 0 Å². The molecule has 2 heterocycles. The highest BCUT2D eigenvalue weighted by atomic mass is 35.5. The highest BCUT2D eigenvalue weighted by Crippen LogP contribution is 2.19. The van der Waals surface area contributed by atoms with E-state index in [1.165, 1.54) is 11.0 Å². The lowest BCUT2D eigenvalue weighted by Gasteiger charge is -2.19. The van der Waals surface area contributed by atoms with E-state index in [1.807, 2.05) is 13.0 Å². The van der Waals surface area contributed by atoms with Gasteiger partial charge in [0, 0.05) is 10.7 Å². The van der Waals surface area contributed by atoms with Gasteiger partial charge in [-0.1, -0.05) is 29.4 Å². The summed E-state index contributed by atoms with van der Waals surface area (Å²) in [7, 11) is 0. The highest BCUT2D eigenvalue weighted by molar-refractivity contribution is 6.31. The van der Waals surface area contributed by atoms with E-state index in [0.717, 1.165) is 5.76 Å². The van der Waals surface area contributed by atoms with Crippen LogP contribution in [-0.2, 0) is 6.54 Å². The van der Waals surface area contributed by atoms with Crippen LogP contribution in [-0.4, -0.2) is 16.3 Å². The van der Waals surface area contributed by atoms with Crippen molar-refractivity contribution in [2.45, 2.75) is 27.3 Å². The molecule has 0 radical (unpaired) electrons. The summed E-state index contributed by atoms with van der Waals surface area (Å²) in [6, 6.07) is 3.23. The van der Waals surface area contributed by atoms with Crippen LogP contribution in [0.25, 0.3) is 0 Å². The molecular formula is C17H19ClN4O3. The van der Waals surface area contributed by atoms with Crippen LogP contribution in [0.15, 0.2) is 56.7 Å². The summed E-state index contributed by atoms with van der Waals surface area (Å²) in [5.74, 6) is 1.69. The van der Waals surface area contributed by atoms with Gasteiger partial charge in [-0.05, 0) is 50.2 Å². The van der Waals surface area contributed by atoms with Gasteiger partial charge in [-0.15, -0.1) is 0 Å². The van der Waals surface area contributed by atoms with E-state index < -0.39 is 6.03 Å². The molecule has 8 heteroatoms. The van der Waals surface area contributed by atoms with E-state index in [1.54, 1.807) is 32.1 Å². The zero-order valence-corrected chi connectivity index (χ0v) is 15.0. The number of carbonyl (C=O) groups excluding carboxylic acids is 1. The fourth-order valence-electron chi connectivity index (χ4n) is 1.99. The molecule has 0 fully saturated rings. The molecule has 0 spiro atoms. The van der Waals surface area contributed by atoms with Gasteiger partial charge in [-0.25, -0.2) is 9.42 Å². The number of amides is 2. The molecule has 0 aliphatic rings. The highest BCUT2D eigenvalue weighted by Gasteiger charge is 2.23. The third kappa shape index (κ3) is 5.09. The Morgan fingerprint density at radius 2 is 2.12 bits per heavy atom. The van der Waals surface area contributed by atoms with Crippen molar-refractivity contribution in [3.8, 4) is 0 Å². The van der Waals surface area contributed by atoms with E-state index in [9.17, 15) is 4.79 Å². The van der Waals surface area contributed by atoms with Gasteiger partial charge in [-0.2, -0.15) is 0 Å². The standard InChI is InChI=1S/C17H19ClN4O3/c1-5-14(18)8-6-11(2)19-17(23)22(16-13(4)20-25-21-16)10-15-9-7-12(3)24-15/h5-9H,1,10H2,2-4H3,(H,19,23)/b11-6+,14-8+. The fourth-order valence-corrected chi connectivity index (χ4v) is 2.05. The Morgan fingerprint density at radius 3 is 2.68 bits per heavy atom. The van der Waals surface area contributed by atoms with Gasteiger partial charge in [0.15, 0.2) is 0 Å². The second-order valence-corrected chi connectivity index (χ2v) is 5.74. The van der Waals surface area contributed by atoms with Crippen LogP contribution < -0.4 is 10.2 Å². The molecule has 0 aromatic carbocycles. The van der Waals surface area contributed by atoms with Crippen molar-refractivity contribution in [1.29, 1.82) is 0 Å². The fraction of sp³-hybridized carbons (Fsp3) is 0.235. The van der Waals surface area contributed by atoms with Crippen molar-refractivity contribution in [3.05, 3.63) is 64.9 Å². The Bertz CT molecular complexity index is 819. The zero-order chi connectivity index (χ0) is 18.4. The van der Waals surface area contributed by atoms with Gasteiger partial charge in [-0.3, -0.25) is 4.90 Å². The number of allylic oxidation sites excluding steroid dienone is 5. The number of hydrogen-bond donors (Lipinski definition) is 1. The molecule has 2 aromatic rings. The number of carbonyl (C=O) groups is 1. The second kappa shape index (κ2) is 8.34. The van der Waals surface area contributed by atoms with Crippen LogP contribution in [0.4, 0.5) is 10.6 Å². The summed E-state index contributed by atoms with van der Waals surface area (Å²) in [6.45, 7) is 9.02. The average molecular weight is 363 g/mol. The number of furan rings is 1. The summed E-state index contributed by atoms with van der Waals surface area (Å²) in [6.07, 6.45) is 4.81. The molecule has 7 nitrogen and oxygen atoms in total. The lowest BCUT2D eigenvalue weighted by Crippen LogP contribution is -2.39. The first-order chi connectivity index (χ1) is 11.9. The molecule has 25 heavy (non-hydrogen) atoms. The maximum Gasteiger partial charge on any atom is 0.327 e. The van der Waals surface area contributed by atoms with Crippen molar-refractivity contribution in [2.24, 2.45) is 0 Å². The van der Waals surface area contributed by atoms with Gasteiger partial charge in [0.2, 0.25) is 5.82 Å². The Labute approximate surface area is 150 Å². The minimum atomic E-state index is -0.398. The summed E-state index contributed by atoms with van der Waals surface area (Å²) >= 11 is 5.85. The Kier molecular flexibility index (Phi) is 6.19. The van der Waals surface area contributed by atoms with Crippen LogP contribution in [0.3, 0.4) is 0 Å². The lowest BCUT2D eigenvalue weighted by atomic mass is 10.3. The molecule has 0 atom stereocenters. The van der Waals surface area contributed by atoms with Crippen LogP contribution in [0, 0.1) is 13.8 Å². The number of aromatic nitrogens is 2. The number of hydrogen-bond acceptors (Lipinski definition) is 5. The van der Waals surface area contributed by atoms with E-state index >= 15 is 0 Å². The predicted octanol–water partition coefficient (Wildman–Crippen LogP) is 4.21. The molecule has 2 amide bonds. The number of aryl methyl sites for hydroxylation is 2. The lowest BCUT2D eigenvalue weighted by molar-refractivity contribution is 0.246. The van der Waals surface area contributed by atoms with Crippen LogP contribution in [0.1, 0.15) is 24.1 Å². The Morgan fingerprint density at radius 1 is 1.36 bits per heavy atom. The van der Waals surface area contributed by atoms with Gasteiger partial charge in [0.25, 0.3) is 0 Å². The van der Waals surface area contributed by atoms with Crippen LogP contribution >= 0.6 is 11.6 Å². The first kappa shape index (κ1) is 18.5. The molecule has 0 bridgehead atoms. The number of halogens is 1. The van der Waals surface area contributed by atoms with Crippen molar-refractivity contribution >= 4 is 23.4 Å². The average Bonchev–Trinajstić information content (AvgIpc) is 3.18. The maximum atomic E-state index is 12.7. The van der Waals surface area contributed by atoms with E-state index in [-0.39, 0.29) is 6.54 Å². The van der Waals surface area contributed by atoms with E-state index in [4.69, 9.17) is 20.6 Å². The van der Waals surface area contributed by atoms with Gasteiger partial charge < -0.3 is 9.73 Å². The third-order valence-electron chi connectivity index (χ3n) is 3.23. The summed E-state index contributed by atoms with van der Waals surface area (Å²) < 4.78 is 10.3. The molecular weight excluding hydrogens is 344 g/mol. The Balaban J connectivity index is 2.21. The topological polar surface area (TPSA) is 84.4 Å². The number of rotatable bonds is 6. The predicted molar refractivity (Wildman–Crippen MR) is 95.1 cm³/mol. The first-order valence-electron chi connectivity index (χ1n) is 7.50. The number of anilines is 1. The summed E-state index contributed by atoms with van der Waals surface area (Å²) in [5.41, 5.74) is 1.09. The molecule has 0 aliphatic carbocycles. The number of nitrogens with one attached hydrogen (secondary N) is 1. The van der Waals surface area contributed by atoms with Crippen LogP contribution in [0.2, 0.25) is 0 Å². The van der Waals surface area contributed by atoms with Crippen molar-refractivity contribution in [2.75, 3.05) is 4.90 Å². The largest absolute Gasteiger partial charge is 0.464 e. The molecule has 2 aromatic heterocycles. The molecule has 0 saturated heterocycles. The quantitative estimate of drug-likeness (QED) is 0.778. The summed E-state index contributed by atoms with van der Waals surface area (Å²) in [4.78, 5) is 14.1. The number of nitrogens with zero attached hydrogens (tertiary/aromatic N) is 3. The smallest absolute Gasteiger partial charge is 0.327 e.